The Morgan fingerprint density at radius 2 is 1.90 bits per heavy atom. The normalized spacial score (nSPS) is 23.3. The molecule has 0 amide bonds. The SMILES string of the molecule is Cc1nc2c(N3C[C@@H](C)N([C@@H](c4cccc(C(F)(F)F)c4)C(C)C)C[C@@H]3C)nc3nncn3c2n1CC1CCCO1. The van der Waals surface area contributed by atoms with E-state index >= 15 is 0 Å². The smallest absolute Gasteiger partial charge is 0.376 e. The summed E-state index contributed by atoms with van der Waals surface area (Å²) in [6.07, 6.45) is -0.489. The predicted octanol–water partition coefficient (Wildman–Crippen LogP) is 5.28. The van der Waals surface area contributed by atoms with Crippen molar-refractivity contribution in [2.24, 2.45) is 5.92 Å². The summed E-state index contributed by atoms with van der Waals surface area (Å²) in [5.41, 5.74) is 1.77. The number of benzene rings is 1. The van der Waals surface area contributed by atoms with E-state index in [4.69, 9.17) is 14.7 Å². The van der Waals surface area contributed by atoms with Crippen molar-refractivity contribution in [3.8, 4) is 0 Å². The van der Waals surface area contributed by atoms with E-state index in [0.29, 0.717) is 31.0 Å². The Labute approximate surface area is 237 Å². The van der Waals surface area contributed by atoms with Crippen molar-refractivity contribution < 1.29 is 17.9 Å². The summed E-state index contributed by atoms with van der Waals surface area (Å²) >= 11 is 0. The molecule has 2 aliphatic heterocycles. The van der Waals surface area contributed by atoms with Crippen molar-refractivity contribution in [1.29, 1.82) is 0 Å². The van der Waals surface area contributed by atoms with Crippen LogP contribution in [0, 0.1) is 12.8 Å². The van der Waals surface area contributed by atoms with E-state index in [0.717, 1.165) is 48.3 Å². The Morgan fingerprint density at radius 1 is 1.10 bits per heavy atom. The first kappa shape index (κ1) is 27.9. The van der Waals surface area contributed by atoms with Crippen LogP contribution in [0.3, 0.4) is 0 Å². The predicted molar refractivity (Wildman–Crippen MR) is 150 cm³/mol. The van der Waals surface area contributed by atoms with Crippen LogP contribution in [0.5, 0.6) is 0 Å². The molecule has 3 aromatic heterocycles. The maximum absolute atomic E-state index is 13.6. The third-order valence-electron chi connectivity index (χ3n) is 8.57. The van der Waals surface area contributed by atoms with Gasteiger partial charge in [-0.2, -0.15) is 18.2 Å². The molecule has 0 N–H and O–H groups in total. The molecule has 2 fully saturated rings. The molecule has 220 valence electrons. The molecule has 0 bridgehead atoms. The molecule has 4 atom stereocenters. The van der Waals surface area contributed by atoms with Crippen LogP contribution in [0.25, 0.3) is 16.9 Å². The highest BCUT2D eigenvalue weighted by Crippen LogP contribution is 2.38. The molecular formula is C29H37F3N8O. The summed E-state index contributed by atoms with van der Waals surface area (Å²) < 4.78 is 50.7. The summed E-state index contributed by atoms with van der Waals surface area (Å²) in [5, 5.41) is 8.42. The van der Waals surface area contributed by atoms with Gasteiger partial charge in [-0.15, -0.1) is 10.2 Å². The third kappa shape index (κ3) is 5.05. The lowest BCUT2D eigenvalue weighted by atomic mass is 9.90. The van der Waals surface area contributed by atoms with Gasteiger partial charge in [0.1, 0.15) is 17.7 Å². The van der Waals surface area contributed by atoms with Gasteiger partial charge in [-0.1, -0.05) is 26.0 Å². The van der Waals surface area contributed by atoms with Crippen LogP contribution in [0.2, 0.25) is 0 Å². The Bertz CT molecular complexity index is 1540. The molecule has 2 saturated heterocycles. The Kier molecular flexibility index (Phi) is 7.17. The van der Waals surface area contributed by atoms with Gasteiger partial charge in [0.15, 0.2) is 11.5 Å². The van der Waals surface area contributed by atoms with Gasteiger partial charge < -0.3 is 14.2 Å². The standard InChI is InChI=1S/C29H37F3N8O/c1-17(2)25(21-8-6-9-22(12-21)29(30,31)32)37-13-19(4)38(14-18(37)3)26-24-27(40-16-33-36-28(40)35-26)39(20(5)34-24)15-23-10-7-11-41-23/h6,8-9,12,16-19,23,25H,7,10-11,13-15H2,1-5H3/t18-,19+,23?,25-/m1/s1. The number of piperazine rings is 1. The van der Waals surface area contributed by atoms with Gasteiger partial charge in [-0.3, -0.25) is 4.90 Å². The van der Waals surface area contributed by atoms with E-state index in [2.05, 4.69) is 52.3 Å². The number of fused-ring (bicyclic) bond motifs is 3. The van der Waals surface area contributed by atoms with Crippen LogP contribution in [-0.4, -0.2) is 71.9 Å². The van der Waals surface area contributed by atoms with Crippen LogP contribution in [-0.2, 0) is 17.5 Å². The molecule has 12 heteroatoms. The average Bonchev–Trinajstić information content (AvgIpc) is 3.66. The lowest BCUT2D eigenvalue weighted by molar-refractivity contribution is -0.137. The monoisotopic (exact) mass is 570 g/mol. The highest BCUT2D eigenvalue weighted by molar-refractivity contribution is 5.87. The molecule has 2 aliphatic rings. The molecular weight excluding hydrogens is 533 g/mol. The zero-order valence-corrected chi connectivity index (χ0v) is 24.1. The second-order valence-corrected chi connectivity index (χ2v) is 11.9. The molecule has 0 aliphatic carbocycles. The lowest BCUT2D eigenvalue weighted by Gasteiger charge is -2.49. The topological polar surface area (TPSA) is 76.6 Å². The number of halogens is 3. The lowest BCUT2D eigenvalue weighted by Crippen LogP contribution is -2.58. The summed E-state index contributed by atoms with van der Waals surface area (Å²) in [4.78, 5) is 14.5. The third-order valence-corrected chi connectivity index (χ3v) is 8.57. The summed E-state index contributed by atoms with van der Waals surface area (Å²) in [6.45, 7) is 13.2. The highest BCUT2D eigenvalue weighted by Gasteiger charge is 2.38. The molecule has 0 saturated carbocycles. The van der Waals surface area contributed by atoms with E-state index in [1.165, 1.54) is 12.1 Å². The van der Waals surface area contributed by atoms with Crippen LogP contribution >= 0.6 is 0 Å². The number of rotatable bonds is 6. The van der Waals surface area contributed by atoms with Gasteiger partial charge >= 0.3 is 6.18 Å². The Morgan fingerprint density at radius 3 is 2.61 bits per heavy atom. The number of hydrogen-bond donors (Lipinski definition) is 0. The molecule has 41 heavy (non-hydrogen) atoms. The van der Waals surface area contributed by atoms with Gasteiger partial charge in [0.2, 0.25) is 0 Å². The van der Waals surface area contributed by atoms with Gasteiger partial charge in [-0.25, -0.2) is 9.38 Å². The maximum atomic E-state index is 13.6. The summed E-state index contributed by atoms with van der Waals surface area (Å²) in [7, 11) is 0. The summed E-state index contributed by atoms with van der Waals surface area (Å²) in [5.74, 6) is 2.26. The molecule has 5 heterocycles. The van der Waals surface area contributed by atoms with E-state index in [1.54, 1.807) is 6.33 Å². The number of imidazole rings is 1. The van der Waals surface area contributed by atoms with Crippen molar-refractivity contribution in [3.05, 3.63) is 47.5 Å². The minimum Gasteiger partial charge on any atom is -0.376 e. The molecule has 4 aromatic rings. The summed E-state index contributed by atoms with van der Waals surface area (Å²) in [6, 6.07) is 5.71. The van der Waals surface area contributed by atoms with Crippen LogP contribution in [0.1, 0.15) is 63.5 Å². The number of nitrogens with zero attached hydrogens (tertiary/aromatic N) is 8. The zero-order valence-electron chi connectivity index (χ0n) is 24.1. The van der Waals surface area contributed by atoms with Crippen molar-refractivity contribution in [2.45, 2.75) is 84.4 Å². The van der Waals surface area contributed by atoms with Crippen molar-refractivity contribution in [1.82, 2.24) is 34.0 Å². The number of aryl methyl sites for hydroxylation is 1. The van der Waals surface area contributed by atoms with Crippen LogP contribution < -0.4 is 4.90 Å². The molecule has 1 unspecified atom stereocenters. The van der Waals surface area contributed by atoms with E-state index in [1.807, 2.05) is 17.4 Å². The maximum Gasteiger partial charge on any atom is 0.416 e. The Hall–Kier alpha value is -3.25. The zero-order chi connectivity index (χ0) is 29.1. The first-order chi connectivity index (χ1) is 19.5. The number of hydrogen-bond acceptors (Lipinski definition) is 7. The number of aromatic nitrogens is 6. The second-order valence-electron chi connectivity index (χ2n) is 11.9. The number of anilines is 1. The Balaban J connectivity index is 1.35. The molecule has 9 nitrogen and oxygen atoms in total. The van der Waals surface area contributed by atoms with Crippen LogP contribution in [0.15, 0.2) is 30.6 Å². The fourth-order valence-corrected chi connectivity index (χ4v) is 6.65. The number of alkyl halides is 3. The number of ether oxygens (including phenoxy) is 1. The van der Waals surface area contributed by atoms with E-state index in [9.17, 15) is 13.2 Å². The van der Waals surface area contributed by atoms with Crippen molar-refractivity contribution in [3.63, 3.8) is 0 Å². The van der Waals surface area contributed by atoms with E-state index in [-0.39, 0.29) is 30.1 Å². The molecule has 1 aromatic carbocycles. The van der Waals surface area contributed by atoms with Crippen LogP contribution in [0.4, 0.5) is 19.0 Å². The van der Waals surface area contributed by atoms with Gasteiger partial charge in [-0.05, 0) is 57.2 Å². The van der Waals surface area contributed by atoms with Gasteiger partial charge in [0, 0.05) is 37.8 Å². The first-order valence-electron chi connectivity index (χ1n) is 14.4. The second kappa shape index (κ2) is 10.5. The molecule has 0 spiro atoms. The van der Waals surface area contributed by atoms with Gasteiger partial charge in [0.05, 0.1) is 18.2 Å². The average molecular weight is 571 g/mol. The van der Waals surface area contributed by atoms with Gasteiger partial charge in [0.25, 0.3) is 5.78 Å². The minimum absolute atomic E-state index is 0.0305. The first-order valence-corrected chi connectivity index (χ1v) is 14.4. The fraction of sp³-hybridized carbons (Fsp3) is 0.586. The highest BCUT2D eigenvalue weighted by atomic mass is 19.4. The van der Waals surface area contributed by atoms with Crippen molar-refractivity contribution in [2.75, 3.05) is 24.6 Å². The molecule has 0 radical (unpaired) electrons. The molecule has 6 rings (SSSR count). The minimum atomic E-state index is -4.38. The fourth-order valence-electron chi connectivity index (χ4n) is 6.65. The largest absolute Gasteiger partial charge is 0.416 e. The van der Waals surface area contributed by atoms with E-state index < -0.39 is 11.7 Å². The van der Waals surface area contributed by atoms with Crippen molar-refractivity contribution >= 4 is 22.8 Å². The quantitative estimate of drug-likeness (QED) is 0.312.